The highest BCUT2D eigenvalue weighted by atomic mass is 35.5. The van der Waals surface area contributed by atoms with Crippen LogP contribution in [-0.2, 0) is 11.3 Å². The van der Waals surface area contributed by atoms with Crippen LogP contribution in [0.4, 0.5) is 10.5 Å². The van der Waals surface area contributed by atoms with E-state index in [2.05, 4.69) is 14.9 Å². The Labute approximate surface area is 174 Å². The van der Waals surface area contributed by atoms with Gasteiger partial charge >= 0.3 is 6.03 Å². The Morgan fingerprint density at radius 1 is 1.38 bits per heavy atom. The van der Waals surface area contributed by atoms with E-state index in [4.69, 9.17) is 21.3 Å². The van der Waals surface area contributed by atoms with Gasteiger partial charge < -0.3 is 19.5 Å². The van der Waals surface area contributed by atoms with Gasteiger partial charge in [0.25, 0.3) is 0 Å². The number of anilines is 1. The van der Waals surface area contributed by atoms with E-state index in [0.29, 0.717) is 37.0 Å². The van der Waals surface area contributed by atoms with Gasteiger partial charge in [0.1, 0.15) is 11.3 Å². The molecule has 0 aliphatic carbocycles. The summed E-state index contributed by atoms with van der Waals surface area (Å²) in [6.45, 7) is 4.49. The molecule has 2 amide bonds. The lowest BCUT2D eigenvalue weighted by atomic mass is 10.1. The summed E-state index contributed by atoms with van der Waals surface area (Å²) in [5, 5.41) is 3.58. The van der Waals surface area contributed by atoms with Crippen molar-refractivity contribution < 1.29 is 9.53 Å². The van der Waals surface area contributed by atoms with Crippen molar-refractivity contribution >= 4 is 34.5 Å². The summed E-state index contributed by atoms with van der Waals surface area (Å²) in [6.07, 6.45) is 2.64. The maximum absolute atomic E-state index is 12.7. The molecule has 0 saturated carbocycles. The van der Waals surface area contributed by atoms with Gasteiger partial charge in [0.2, 0.25) is 0 Å². The van der Waals surface area contributed by atoms with Crippen LogP contribution < -0.4 is 5.32 Å². The smallest absolute Gasteiger partial charge is 0.321 e. The van der Waals surface area contributed by atoms with Gasteiger partial charge in [0.05, 0.1) is 6.61 Å². The summed E-state index contributed by atoms with van der Waals surface area (Å²) in [5.41, 5.74) is 3.41. The predicted molar refractivity (Wildman–Crippen MR) is 114 cm³/mol. The number of benzene rings is 1. The first-order valence-corrected chi connectivity index (χ1v) is 10.1. The minimum absolute atomic E-state index is 0.120. The molecular formula is C21H24ClN5O2. The lowest BCUT2D eigenvalue weighted by Gasteiger charge is -2.18. The predicted octanol–water partition coefficient (Wildman–Crippen LogP) is 4.06. The van der Waals surface area contributed by atoms with Gasteiger partial charge in [0.15, 0.2) is 5.65 Å². The van der Waals surface area contributed by atoms with Gasteiger partial charge in [-0.2, -0.15) is 0 Å². The Bertz CT molecular complexity index is 1040. The Hall–Kier alpha value is -2.64. The second kappa shape index (κ2) is 8.39. The normalized spacial score (nSPS) is 16.5. The van der Waals surface area contributed by atoms with E-state index in [-0.39, 0.29) is 11.9 Å². The van der Waals surface area contributed by atoms with Crippen molar-refractivity contribution in [2.45, 2.75) is 25.8 Å². The van der Waals surface area contributed by atoms with Crippen molar-refractivity contribution in [2.24, 2.45) is 0 Å². The largest absolute Gasteiger partial charge is 0.383 e. The summed E-state index contributed by atoms with van der Waals surface area (Å²) in [5.74, 6) is 1.12. The molecule has 1 aromatic carbocycles. The molecule has 1 N–H and O–H groups in total. The maximum atomic E-state index is 12.7. The third kappa shape index (κ3) is 4.06. The van der Waals surface area contributed by atoms with Crippen LogP contribution in [-0.4, -0.2) is 52.3 Å². The molecular weight excluding hydrogens is 390 g/mol. The number of imidazole rings is 1. The number of urea groups is 1. The Morgan fingerprint density at radius 2 is 2.24 bits per heavy atom. The second-order valence-corrected chi connectivity index (χ2v) is 7.69. The van der Waals surface area contributed by atoms with E-state index < -0.39 is 0 Å². The fraction of sp³-hybridized carbons (Fsp3) is 0.381. The zero-order chi connectivity index (χ0) is 20.4. The number of ether oxygens (including phenoxy) is 1. The Balaban J connectivity index is 1.50. The van der Waals surface area contributed by atoms with E-state index >= 15 is 0 Å². The fourth-order valence-electron chi connectivity index (χ4n) is 3.72. The van der Waals surface area contributed by atoms with Crippen LogP contribution in [0.5, 0.6) is 0 Å². The minimum Gasteiger partial charge on any atom is -0.383 e. The Morgan fingerprint density at radius 3 is 3.03 bits per heavy atom. The number of likely N-dealkylation sites (tertiary alicyclic amines) is 1. The summed E-state index contributed by atoms with van der Waals surface area (Å²) >= 11 is 6.17. The zero-order valence-corrected chi connectivity index (χ0v) is 17.3. The van der Waals surface area contributed by atoms with Crippen molar-refractivity contribution in [2.75, 3.05) is 32.1 Å². The number of halogens is 1. The molecule has 1 saturated heterocycles. The number of carbonyl (C=O) groups is 1. The van der Waals surface area contributed by atoms with Crippen LogP contribution in [0.2, 0.25) is 5.02 Å². The van der Waals surface area contributed by atoms with E-state index in [1.807, 2.05) is 36.1 Å². The van der Waals surface area contributed by atoms with Crippen LogP contribution in [0.25, 0.3) is 11.2 Å². The highest BCUT2D eigenvalue weighted by Crippen LogP contribution is 2.29. The molecule has 7 nitrogen and oxygen atoms in total. The molecule has 1 atom stereocenters. The number of pyridine rings is 1. The standard InChI is InChI=1S/C21H24ClN5O2/c1-14-5-6-16(12-17(14)22)24-21(28)26-9-7-15(13-26)19-25-18-4-3-8-23-20(18)27(19)10-11-29-2/h3-6,8,12,15H,7,9-11,13H2,1-2H3,(H,24,28)/t15-/m0/s1. The molecule has 1 aliphatic rings. The second-order valence-electron chi connectivity index (χ2n) is 7.29. The lowest BCUT2D eigenvalue weighted by Crippen LogP contribution is -2.33. The Kier molecular flexibility index (Phi) is 5.69. The molecule has 1 aliphatic heterocycles. The zero-order valence-electron chi connectivity index (χ0n) is 16.6. The number of hydrogen-bond donors (Lipinski definition) is 1. The first-order chi connectivity index (χ1) is 14.1. The van der Waals surface area contributed by atoms with E-state index in [1.54, 1.807) is 19.4 Å². The average molecular weight is 414 g/mol. The van der Waals surface area contributed by atoms with Crippen molar-refractivity contribution in [1.82, 2.24) is 19.4 Å². The highest BCUT2D eigenvalue weighted by Gasteiger charge is 2.31. The van der Waals surface area contributed by atoms with Crippen molar-refractivity contribution in [3.8, 4) is 0 Å². The molecule has 29 heavy (non-hydrogen) atoms. The number of nitrogens with zero attached hydrogens (tertiary/aromatic N) is 4. The van der Waals surface area contributed by atoms with E-state index in [1.165, 1.54) is 0 Å². The molecule has 0 spiro atoms. The molecule has 3 heterocycles. The maximum Gasteiger partial charge on any atom is 0.321 e. The molecule has 0 bridgehead atoms. The first-order valence-electron chi connectivity index (χ1n) is 9.69. The summed E-state index contributed by atoms with van der Waals surface area (Å²) < 4.78 is 7.38. The van der Waals surface area contributed by atoms with Crippen LogP contribution in [0.15, 0.2) is 36.5 Å². The third-order valence-electron chi connectivity index (χ3n) is 5.32. The lowest BCUT2D eigenvalue weighted by molar-refractivity contribution is 0.186. The van der Waals surface area contributed by atoms with Gasteiger partial charge in [-0.15, -0.1) is 0 Å². The number of aromatic nitrogens is 3. The van der Waals surface area contributed by atoms with Crippen molar-refractivity contribution in [3.63, 3.8) is 0 Å². The third-order valence-corrected chi connectivity index (χ3v) is 5.72. The number of nitrogens with one attached hydrogen (secondary N) is 1. The fourth-order valence-corrected chi connectivity index (χ4v) is 3.90. The molecule has 0 unspecified atom stereocenters. The topological polar surface area (TPSA) is 72.3 Å². The molecule has 2 aromatic heterocycles. The molecule has 4 rings (SSSR count). The number of methoxy groups -OCH3 is 1. The van der Waals surface area contributed by atoms with Crippen LogP contribution in [0, 0.1) is 6.92 Å². The monoisotopic (exact) mass is 413 g/mol. The molecule has 8 heteroatoms. The summed E-state index contributed by atoms with van der Waals surface area (Å²) in [4.78, 5) is 23.9. The van der Waals surface area contributed by atoms with Gasteiger partial charge in [-0.05, 0) is 43.2 Å². The summed E-state index contributed by atoms with van der Waals surface area (Å²) in [6, 6.07) is 9.28. The molecule has 1 fully saturated rings. The van der Waals surface area contributed by atoms with Crippen LogP contribution >= 0.6 is 11.6 Å². The molecule has 3 aromatic rings. The van der Waals surface area contributed by atoms with Crippen molar-refractivity contribution in [1.29, 1.82) is 0 Å². The number of amides is 2. The summed E-state index contributed by atoms with van der Waals surface area (Å²) in [7, 11) is 1.69. The number of fused-ring (bicyclic) bond motifs is 1. The number of carbonyl (C=O) groups excluding carboxylic acids is 1. The van der Waals surface area contributed by atoms with Crippen LogP contribution in [0.1, 0.15) is 23.7 Å². The molecule has 152 valence electrons. The van der Waals surface area contributed by atoms with Gasteiger partial charge in [-0.25, -0.2) is 14.8 Å². The van der Waals surface area contributed by atoms with Gasteiger partial charge in [-0.1, -0.05) is 17.7 Å². The quantitative estimate of drug-likeness (QED) is 0.684. The van der Waals surface area contributed by atoms with Gasteiger partial charge in [0, 0.05) is 49.6 Å². The SMILES string of the molecule is COCCn1c([C@H]2CCN(C(=O)Nc3ccc(C)c(Cl)c3)C2)nc2cccnc21. The number of aryl methyl sites for hydroxylation is 1. The first kappa shape index (κ1) is 19.7. The van der Waals surface area contributed by atoms with Crippen molar-refractivity contribution in [3.05, 3.63) is 52.9 Å². The highest BCUT2D eigenvalue weighted by molar-refractivity contribution is 6.31. The van der Waals surface area contributed by atoms with E-state index in [9.17, 15) is 4.79 Å². The van der Waals surface area contributed by atoms with E-state index in [0.717, 1.165) is 29.0 Å². The van der Waals surface area contributed by atoms with Gasteiger partial charge in [-0.3, -0.25) is 0 Å². The minimum atomic E-state index is -0.120. The molecule has 0 radical (unpaired) electrons. The average Bonchev–Trinajstić information content (AvgIpc) is 3.34. The number of rotatable bonds is 5. The van der Waals surface area contributed by atoms with Crippen LogP contribution in [0.3, 0.4) is 0 Å². The number of hydrogen-bond acceptors (Lipinski definition) is 4.